The van der Waals surface area contributed by atoms with Gasteiger partial charge in [0.1, 0.15) is 0 Å². The third-order valence-corrected chi connectivity index (χ3v) is 4.50. The van der Waals surface area contributed by atoms with E-state index >= 15 is 0 Å². The highest BCUT2D eigenvalue weighted by molar-refractivity contribution is 7.11. The molecule has 2 aromatic rings. The molecular formula is C16H21NOSSi. The van der Waals surface area contributed by atoms with E-state index in [0.29, 0.717) is 6.54 Å². The highest BCUT2D eigenvalue weighted by atomic mass is 32.1. The fraction of sp³-hybridized carbons (Fsp3) is 0.312. The molecule has 4 heteroatoms. The van der Waals surface area contributed by atoms with E-state index in [1.165, 1.54) is 10.4 Å². The molecule has 0 aliphatic carbocycles. The fourth-order valence-corrected chi connectivity index (χ4v) is 3.58. The summed E-state index contributed by atoms with van der Waals surface area (Å²) in [5, 5.41) is 2.06. The van der Waals surface area contributed by atoms with E-state index < -0.39 is 8.32 Å². The van der Waals surface area contributed by atoms with Gasteiger partial charge >= 0.3 is 0 Å². The Labute approximate surface area is 126 Å². The minimum absolute atomic E-state index is 0.0547. The molecule has 0 bridgehead atoms. The van der Waals surface area contributed by atoms with E-state index in [1.807, 2.05) is 18.3 Å². The second kappa shape index (κ2) is 6.97. The van der Waals surface area contributed by atoms with Gasteiger partial charge in [0.2, 0.25) is 0 Å². The second-order valence-electron chi connectivity index (χ2n) is 5.64. The van der Waals surface area contributed by atoms with Gasteiger partial charge in [0, 0.05) is 11.1 Å². The molecule has 0 saturated heterocycles. The van der Waals surface area contributed by atoms with E-state index in [4.69, 9.17) is 4.43 Å². The van der Waals surface area contributed by atoms with Crippen molar-refractivity contribution >= 4 is 25.9 Å². The van der Waals surface area contributed by atoms with E-state index in [-0.39, 0.29) is 6.10 Å². The number of thiophene rings is 1. The number of aliphatic imine (C=N–C) groups is 1. The molecule has 0 amide bonds. The zero-order valence-corrected chi connectivity index (χ0v) is 14.1. The van der Waals surface area contributed by atoms with Gasteiger partial charge in [-0.25, -0.2) is 0 Å². The van der Waals surface area contributed by atoms with Gasteiger partial charge in [-0.3, -0.25) is 4.99 Å². The number of rotatable bonds is 6. The first-order valence-electron chi connectivity index (χ1n) is 6.81. The van der Waals surface area contributed by atoms with Crippen molar-refractivity contribution in [2.75, 3.05) is 6.54 Å². The van der Waals surface area contributed by atoms with Crippen LogP contribution in [0.3, 0.4) is 0 Å². The summed E-state index contributed by atoms with van der Waals surface area (Å²) in [6.45, 7) is 7.32. The molecule has 1 atom stereocenters. The quantitative estimate of drug-likeness (QED) is 0.557. The largest absolute Gasteiger partial charge is 0.409 e. The van der Waals surface area contributed by atoms with Gasteiger partial charge in [0.15, 0.2) is 8.32 Å². The van der Waals surface area contributed by atoms with Crippen molar-refractivity contribution in [3.8, 4) is 0 Å². The molecule has 0 saturated carbocycles. The smallest absolute Gasteiger partial charge is 0.184 e. The SMILES string of the molecule is C[Si](C)(C)OC(CN=Cc1cccs1)c1ccccc1. The fourth-order valence-electron chi connectivity index (χ4n) is 1.91. The Morgan fingerprint density at radius 1 is 1.15 bits per heavy atom. The zero-order valence-electron chi connectivity index (χ0n) is 12.2. The van der Waals surface area contributed by atoms with Crippen molar-refractivity contribution in [3.63, 3.8) is 0 Å². The summed E-state index contributed by atoms with van der Waals surface area (Å²) < 4.78 is 6.27. The van der Waals surface area contributed by atoms with Crippen LogP contribution in [-0.2, 0) is 4.43 Å². The van der Waals surface area contributed by atoms with E-state index in [9.17, 15) is 0 Å². The van der Waals surface area contributed by atoms with Crippen LogP contribution in [0.2, 0.25) is 19.6 Å². The molecular weight excluding hydrogens is 282 g/mol. The lowest BCUT2D eigenvalue weighted by Crippen LogP contribution is -2.29. The second-order valence-corrected chi connectivity index (χ2v) is 11.1. The predicted octanol–water partition coefficient (Wildman–Crippen LogP) is 4.76. The maximum absolute atomic E-state index is 6.27. The average Bonchev–Trinajstić information content (AvgIpc) is 2.90. The van der Waals surface area contributed by atoms with E-state index in [2.05, 4.69) is 60.3 Å². The molecule has 0 fully saturated rings. The molecule has 0 radical (unpaired) electrons. The summed E-state index contributed by atoms with van der Waals surface area (Å²) in [6.07, 6.45) is 1.99. The number of hydrogen-bond donors (Lipinski definition) is 0. The van der Waals surface area contributed by atoms with Gasteiger partial charge in [0.05, 0.1) is 12.6 Å². The first-order chi connectivity index (χ1) is 9.54. The Hall–Kier alpha value is -1.23. The molecule has 2 rings (SSSR count). The zero-order chi connectivity index (χ0) is 14.4. The topological polar surface area (TPSA) is 21.6 Å². The number of nitrogens with zero attached hydrogens (tertiary/aromatic N) is 1. The van der Waals surface area contributed by atoms with Crippen LogP contribution in [0.4, 0.5) is 0 Å². The lowest BCUT2D eigenvalue weighted by molar-refractivity contribution is 0.207. The molecule has 1 heterocycles. The van der Waals surface area contributed by atoms with Crippen molar-refractivity contribution in [1.29, 1.82) is 0 Å². The summed E-state index contributed by atoms with van der Waals surface area (Å²) in [6, 6.07) is 14.5. The molecule has 1 unspecified atom stereocenters. The molecule has 2 nitrogen and oxygen atoms in total. The maximum Gasteiger partial charge on any atom is 0.184 e. The van der Waals surface area contributed by atoms with Crippen LogP contribution in [0.5, 0.6) is 0 Å². The molecule has 0 N–H and O–H groups in total. The molecule has 1 aromatic carbocycles. The Bertz CT molecular complexity index is 531. The summed E-state index contributed by atoms with van der Waals surface area (Å²) in [5.74, 6) is 0. The Kier molecular flexibility index (Phi) is 5.28. The van der Waals surface area contributed by atoms with Gasteiger partial charge in [0.25, 0.3) is 0 Å². The standard InChI is InChI=1S/C16H21NOSSi/c1-20(2,3)18-16(14-8-5-4-6-9-14)13-17-12-15-10-7-11-19-15/h4-12,16H,13H2,1-3H3. The van der Waals surface area contributed by atoms with Crippen molar-refractivity contribution in [1.82, 2.24) is 0 Å². The van der Waals surface area contributed by atoms with Crippen LogP contribution in [0.1, 0.15) is 16.5 Å². The van der Waals surface area contributed by atoms with Gasteiger partial charge in [-0.15, -0.1) is 11.3 Å². The van der Waals surface area contributed by atoms with Crippen LogP contribution in [0, 0.1) is 0 Å². The van der Waals surface area contributed by atoms with Crippen molar-refractivity contribution in [3.05, 3.63) is 58.3 Å². The summed E-state index contributed by atoms with van der Waals surface area (Å²) in [5.41, 5.74) is 1.21. The number of hydrogen-bond acceptors (Lipinski definition) is 3. The predicted molar refractivity (Wildman–Crippen MR) is 90.4 cm³/mol. The first kappa shape index (κ1) is 15.2. The van der Waals surface area contributed by atoms with Crippen LogP contribution in [0.15, 0.2) is 52.8 Å². The summed E-state index contributed by atoms with van der Waals surface area (Å²) in [7, 11) is -1.59. The Balaban J connectivity index is 2.07. The van der Waals surface area contributed by atoms with Gasteiger partial charge in [-0.1, -0.05) is 36.4 Å². The van der Waals surface area contributed by atoms with Gasteiger partial charge in [-0.2, -0.15) is 0 Å². The van der Waals surface area contributed by atoms with E-state index in [0.717, 1.165) is 0 Å². The van der Waals surface area contributed by atoms with Crippen LogP contribution in [-0.4, -0.2) is 21.1 Å². The van der Waals surface area contributed by atoms with Crippen LogP contribution in [0.25, 0.3) is 0 Å². The summed E-state index contributed by atoms with van der Waals surface area (Å²) in [4.78, 5) is 5.74. The minimum atomic E-state index is -1.59. The molecule has 0 aliphatic heterocycles. The lowest BCUT2D eigenvalue weighted by Gasteiger charge is -2.25. The summed E-state index contributed by atoms with van der Waals surface area (Å²) >= 11 is 1.70. The third-order valence-electron chi connectivity index (χ3n) is 2.70. The van der Waals surface area contributed by atoms with Crippen LogP contribution >= 0.6 is 11.3 Å². The van der Waals surface area contributed by atoms with E-state index in [1.54, 1.807) is 11.3 Å². The molecule has 106 valence electrons. The van der Waals surface area contributed by atoms with Gasteiger partial charge < -0.3 is 4.43 Å². The lowest BCUT2D eigenvalue weighted by atomic mass is 10.1. The molecule has 1 aromatic heterocycles. The molecule has 20 heavy (non-hydrogen) atoms. The van der Waals surface area contributed by atoms with Crippen molar-refractivity contribution < 1.29 is 4.43 Å². The molecule has 0 spiro atoms. The van der Waals surface area contributed by atoms with Gasteiger partial charge in [-0.05, 0) is 36.7 Å². The average molecular weight is 304 g/mol. The monoisotopic (exact) mass is 303 g/mol. The third kappa shape index (κ3) is 5.04. The van der Waals surface area contributed by atoms with Crippen LogP contribution < -0.4 is 0 Å². The normalized spacial score (nSPS) is 13.8. The molecule has 0 aliphatic rings. The minimum Gasteiger partial charge on any atom is -0.409 e. The highest BCUT2D eigenvalue weighted by Crippen LogP contribution is 2.22. The highest BCUT2D eigenvalue weighted by Gasteiger charge is 2.21. The first-order valence-corrected chi connectivity index (χ1v) is 11.1. The van der Waals surface area contributed by atoms with Crippen molar-refractivity contribution in [2.24, 2.45) is 4.99 Å². The Morgan fingerprint density at radius 3 is 2.50 bits per heavy atom. The Morgan fingerprint density at radius 2 is 1.90 bits per heavy atom. The number of benzene rings is 1. The van der Waals surface area contributed by atoms with Crippen molar-refractivity contribution in [2.45, 2.75) is 25.7 Å². The maximum atomic E-state index is 6.27.